The maximum atomic E-state index is 2.31. The SMILES string of the molecule is Cc1cc(-c2cccc3ccccc23)c2cc(C)[cH-]c2c1.[Cl-].[Cl-].[Zr+3]. The number of benzene rings is 3. The molecule has 0 spiro atoms. The molecule has 119 valence electrons. The summed E-state index contributed by atoms with van der Waals surface area (Å²) in [6, 6.07) is 24.3. The quantitative estimate of drug-likeness (QED) is 0.373. The van der Waals surface area contributed by atoms with Crippen LogP contribution in [0.1, 0.15) is 11.1 Å². The van der Waals surface area contributed by atoms with Gasteiger partial charge in [0.05, 0.1) is 0 Å². The third-order valence-electron chi connectivity index (χ3n) is 4.19. The first-order valence-corrected chi connectivity index (χ1v) is 7.38. The zero-order chi connectivity index (χ0) is 14.4. The van der Waals surface area contributed by atoms with Gasteiger partial charge in [-0.05, 0) is 23.3 Å². The van der Waals surface area contributed by atoms with Gasteiger partial charge < -0.3 is 24.8 Å². The van der Waals surface area contributed by atoms with Crippen LogP contribution in [-0.2, 0) is 26.2 Å². The third kappa shape index (κ3) is 3.64. The molecule has 4 aromatic carbocycles. The Bertz CT molecular complexity index is 965. The van der Waals surface area contributed by atoms with Gasteiger partial charge in [0.25, 0.3) is 0 Å². The largest absolute Gasteiger partial charge is 3.00 e. The molecule has 0 saturated carbocycles. The van der Waals surface area contributed by atoms with Gasteiger partial charge in [0.15, 0.2) is 0 Å². The fourth-order valence-electron chi connectivity index (χ4n) is 3.30. The van der Waals surface area contributed by atoms with Gasteiger partial charge in [-0.25, -0.2) is 0 Å². The van der Waals surface area contributed by atoms with Crippen molar-refractivity contribution in [1.82, 2.24) is 0 Å². The molecule has 0 amide bonds. The van der Waals surface area contributed by atoms with Crippen molar-refractivity contribution in [3.63, 3.8) is 0 Å². The Hall–Kier alpha value is -1.01. The monoisotopic (exact) mass is 429 g/mol. The van der Waals surface area contributed by atoms with Gasteiger partial charge in [-0.3, -0.25) is 0 Å². The van der Waals surface area contributed by atoms with Crippen molar-refractivity contribution >= 4 is 21.5 Å². The van der Waals surface area contributed by atoms with E-state index in [1.54, 1.807) is 0 Å². The summed E-state index contributed by atoms with van der Waals surface area (Å²) in [4.78, 5) is 0. The minimum Gasteiger partial charge on any atom is -1.00 e. The summed E-state index contributed by atoms with van der Waals surface area (Å²) >= 11 is 0. The number of fused-ring (bicyclic) bond motifs is 2. The Morgan fingerprint density at radius 2 is 1.42 bits per heavy atom. The van der Waals surface area contributed by atoms with Crippen molar-refractivity contribution in [2.45, 2.75) is 13.8 Å². The van der Waals surface area contributed by atoms with E-state index in [2.05, 4.69) is 80.6 Å². The summed E-state index contributed by atoms with van der Waals surface area (Å²) in [5.74, 6) is 0. The van der Waals surface area contributed by atoms with Crippen LogP contribution in [-0.4, -0.2) is 0 Å². The molecule has 0 aromatic heterocycles. The maximum Gasteiger partial charge on any atom is 3.00 e. The second-order valence-electron chi connectivity index (χ2n) is 5.87. The van der Waals surface area contributed by atoms with Crippen LogP contribution in [0.25, 0.3) is 32.7 Å². The smallest absolute Gasteiger partial charge is 1.00 e. The van der Waals surface area contributed by atoms with E-state index in [9.17, 15) is 0 Å². The van der Waals surface area contributed by atoms with Crippen molar-refractivity contribution in [2.75, 3.05) is 0 Å². The average Bonchev–Trinajstić information content (AvgIpc) is 2.86. The minimum absolute atomic E-state index is 0. The summed E-state index contributed by atoms with van der Waals surface area (Å²) < 4.78 is 0. The molecule has 4 rings (SSSR count). The molecule has 0 heterocycles. The van der Waals surface area contributed by atoms with Gasteiger partial charge in [0.1, 0.15) is 0 Å². The van der Waals surface area contributed by atoms with Crippen molar-refractivity contribution in [3.05, 3.63) is 77.9 Å². The number of aryl methyl sites for hydroxylation is 2. The van der Waals surface area contributed by atoms with E-state index < -0.39 is 0 Å². The van der Waals surface area contributed by atoms with Crippen molar-refractivity contribution in [1.29, 1.82) is 0 Å². The Balaban J connectivity index is 0.000000960. The predicted octanol–water partition coefficient (Wildman–Crippen LogP) is 0.00124. The van der Waals surface area contributed by atoms with Crippen LogP contribution in [0.3, 0.4) is 0 Å². The van der Waals surface area contributed by atoms with E-state index in [1.807, 2.05) is 0 Å². The Morgan fingerprint density at radius 3 is 2.21 bits per heavy atom. The normalized spacial score (nSPS) is 9.92. The second kappa shape index (κ2) is 8.39. The maximum absolute atomic E-state index is 2.31. The molecule has 0 aliphatic heterocycles. The molecular weight excluding hydrogens is 414 g/mol. The van der Waals surface area contributed by atoms with Crippen molar-refractivity contribution in [2.24, 2.45) is 0 Å². The van der Waals surface area contributed by atoms with Gasteiger partial charge in [0.2, 0.25) is 0 Å². The number of hydrogen-bond acceptors (Lipinski definition) is 0. The van der Waals surface area contributed by atoms with Crippen molar-refractivity contribution in [3.8, 4) is 11.1 Å². The first kappa shape index (κ1) is 21.0. The fourth-order valence-corrected chi connectivity index (χ4v) is 3.30. The molecule has 0 fully saturated rings. The van der Waals surface area contributed by atoms with Crippen LogP contribution in [0.15, 0.2) is 66.7 Å². The Labute approximate surface area is 174 Å². The fraction of sp³-hybridized carbons (Fsp3) is 0.0952. The molecule has 0 N–H and O–H groups in total. The van der Waals surface area contributed by atoms with Gasteiger partial charge in [-0.15, -0.1) is 28.5 Å². The molecular formula is C21H17Cl2Zr. The third-order valence-corrected chi connectivity index (χ3v) is 4.19. The Morgan fingerprint density at radius 1 is 0.708 bits per heavy atom. The molecule has 0 aliphatic rings. The summed E-state index contributed by atoms with van der Waals surface area (Å²) in [6.45, 7) is 4.35. The molecule has 0 nitrogen and oxygen atoms in total. The van der Waals surface area contributed by atoms with E-state index >= 15 is 0 Å². The van der Waals surface area contributed by atoms with Gasteiger partial charge in [-0.2, -0.15) is 6.07 Å². The molecule has 0 bridgehead atoms. The predicted molar refractivity (Wildman–Crippen MR) is 92.0 cm³/mol. The van der Waals surface area contributed by atoms with Crippen LogP contribution >= 0.6 is 0 Å². The van der Waals surface area contributed by atoms with E-state index in [1.165, 1.54) is 43.8 Å². The summed E-state index contributed by atoms with van der Waals surface area (Å²) in [6.07, 6.45) is 0. The van der Waals surface area contributed by atoms with Gasteiger partial charge in [-0.1, -0.05) is 66.6 Å². The summed E-state index contributed by atoms with van der Waals surface area (Å²) in [5, 5.41) is 5.32. The van der Waals surface area contributed by atoms with Crippen LogP contribution in [0, 0.1) is 13.8 Å². The number of halogens is 2. The van der Waals surface area contributed by atoms with Crippen LogP contribution in [0.4, 0.5) is 0 Å². The summed E-state index contributed by atoms with van der Waals surface area (Å²) in [7, 11) is 0. The molecule has 24 heavy (non-hydrogen) atoms. The van der Waals surface area contributed by atoms with Crippen LogP contribution in [0.5, 0.6) is 0 Å². The molecule has 0 unspecified atom stereocenters. The zero-order valence-electron chi connectivity index (χ0n) is 13.6. The van der Waals surface area contributed by atoms with Crippen molar-refractivity contribution < 1.29 is 51.0 Å². The first-order valence-electron chi connectivity index (χ1n) is 7.38. The molecule has 3 heteroatoms. The summed E-state index contributed by atoms with van der Waals surface area (Å²) in [5.41, 5.74) is 5.32. The second-order valence-corrected chi connectivity index (χ2v) is 5.87. The molecule has 4 aromatic rings. The molecule has 0 aliphatic carbocycles. The van der Waals surface area contributed by atoms with Crippen LogP contribution in [0.2, 0.25) is 0 Å². The molecule has 1 radical (unpaired) electrons. The zero-order valence-corrected chi connectivity index (χ0v) is 17.6. The molecule has 0 saturated heterocycles. The molecule has 0 atom stereocenters. The van der Waals surface area contributed by atoms with E-state index in [-0.39, 0.29) is 51.0 Å². The van der Waals surface area contributed by atoms with E-state index in [0.29, 0.717) is 0 Å². The van der Waals surface area contributed by atoms with E-state index in [4.69, 9.17) is 0 Å². The topological polar surface area (TPSA) is 0 Å². The van der Waals surface area contributed by atoms with E-state index in [0.717, 1.165) is 0 Å². The standard InChI is InChI=1S/C21H17.2ClH.Zr/c1-14-10-17-11-15(2)13-21(20(17)12-14)19-9-5-7-16-6-3-4-8-18(16)19;;;/h3-13H,1-2H3;2*1H;/q-1;;;+3/p-2. The number of hydrogen-bond donors (Lipinski definition) is 0. The Kier molecular flexibility index (Phi) is 7.35. The minimum atomic E-state index is 0. The van der Waals surface area contributed by atoms with Gasteiger partial charge >= 0.3 is 26.2 Å². The number of rotatable bonds is 1. The average molecular weight is 431 g/mol. The van der Waals surface area contributed by atoms with Crippen LogP contribution < -0.4 is 24.8 Å². The first-order chi connectivity index (χ1) is 10.2. The van der Waals surface area contributed by atoms with Gasteiger partial charge in [0, 0.05) is 0 Å².